The van der Waals surface area contributed by atoms with E-state index in [0.29, 0.717) is 5.82 Å². The summed E-state index contributed by atoms with van der Waals surface area (Å²) in [5, 5.41) is 8.89. The van der Waals surface area contributed by atoms with Crippen molar-refractivity contribution in [2.75, 3.05) is 6.61 Å². The maximum Gasteiger partial charge on any atom is 0.139 e. The predicted molar refractivity (Wildman–Crippen MR) is 47.0 cm³/mol. The van der Waals surface area contributed by atoms with Gasteiger partial charge < -0.3 is 10.8 Å². The molecule has 0 amide bonds. The summed E-state index contributed by atoms with van der Waals surface area (Å²) in [6.07, 6.45) is 5.07. The topological polar surface area (TPSA) is 76.4 Å². The molecule has 2 aromatic rings. The van der Waals surface area contributed by atoms with Crippen LogP contribution in [0.3, 0.4) is 0 Å². The normalized spacial score (nSPS) is 13.4. The zero-order valence-electron chi connectivity index (χ0n) is 6.96. The first-order chi connectivity index (χ1) is 6.33. The molecule has 2 aromatic heterocycles. The Morgan fingerprint density at radius 1 is 1.46 bits per heavy atom. The number of rotatable bonds is 2. The van der Waals surface area contributed by atoms with E-state index >= 15 is 0 Å². The highest BCUT2D eigenvalue weighted by Gasteiger charge is 2.09. The van der Waals surface area contributed by atoms with Gasteiger partial charge in [0.2, 0.25) is 0 Å². The van der Waals surface area contributed by atoms with Crippen LogP contribution < -0.4 is 5.73 Å². The van der Waals surface area contributed by atoms with E-state index in [-0.39, 0.29) is 6.61 Å². The summed E-state index contributed by atoms with van der Waals surface area (Å²) in [6.45, 7) is -0.121. The minimum absolute atomic E-state index is 0.121. The van der Waals surface area contributed by atoms with Crippen LogP contribution in [0.1, 0.15) is 11.9 Å². The van der Waals surface area contributed by atoms with Gasteiger partial charge in [-0.2, -0.15) is 0 Å². The van der Waals surface area contributed by atoms with Gasteiger partial charge in [0, 0.05) is 18.6 Å². The molecule has 68 valence electrons. The Labute approximate surface area is 74.9 Å². The van der Waals surface area contributed by atoms with Gasteiger partial charge in [-0.05, 0) is 6.07 Å². The highest BCUT2D eigenvalue weighted by Crippen LogP contribution is 2.08. The molecule has 5 nitrogen and oxygen atoms in total. The molecule has 2 heterocycles. The molecule has 0 aliphatic rings. The fourth-order valence-electron chi connectivity index (χ4n) is 1.23. The standard InChI is InChI=1S/C8H10N4O/c9-6(5-13)8-11-2-1-7-10-3-4-12(7)8/h1-4,6,13H,5,9H2. The average Bonchev–Trinajstić information content (AvgIpc) is 2.63. The Hall–Kier alpha value is -1.46. The lowest BCUT2D eigenvalue weighted by atomic mass is 10.3. The summed E-state index contributed by atoms with van der Waals surface area (Å²) in [7, 11) is 0. The van der Waals surface area contributed by atoms with Gasteiger partial charge in [-0.3, -0.25) is 4.40 Å². The van der Waals surface area contributed by atoms with Crippen molar-refractivity contribution < 1.29 is 5.11 Å². The van der Waals surface area contributed by atoms with Crippen molar-refractivity contribution in [1.29, 1.82) is 0 Å². The van der Waals surface area contributed by atoms with Crippen LogP contribution >= 0.6 is 0 Å². The molecule has 0 radical (unpaired) electrons. The Morgan fingerprint density at radius 3 is 3.08 bits per heavy atom. The van der Waals surface area contributed by atoms with E-state index in [2.05, 4.69) is 9.97 Å². The van der Waals surface area contributed by atoms with Crippen LogP contribution in [-0.4, -0.2) is 26.1 Å². The minimum atomic E-state index is -0.460. The summed E-state index contributed by atoms with van der Waals surface area (Å²) in [4.78, 5) is 8.17. The zero-order chi connectivity index (χ0) is 9.26. The van der Waals surface area contributed by atoms with Gasteiger partial charge in [-0.25, -0.2) is 9.97 Å². The van der Waals surface area contributed by atoms with Crippen molar-refractivity contribution in [1.82, 2.24) is 14.4 Å². The largest absolute Gasteiger partial charge is 0.394 e. The highest BCUT2D eigenvalue weighted by molar-refractivity contribution is 5.37. The number of hydrogen-bond donors (Lipinski definition) is 2. The number of aliphatic hydroxyl groups is 1. The third kappa shape index (κ3) is 1.28. The van der Waals surface area contributed by atoms with Crippen molar-refractivity contribution >= 4 is 5.65 Å². The van der Waals surface area contributed by atoms with Crippen molar-refractivity contribution in [3.05, 3.63) is 30.5 Å². The van der Waals surface area contributed by atoms with Crippen LogP contribution in [0.2, 0.25) is 0 Å². The molecule has 0 fully saturated rings. The van der Waals surface area contributed by atoms with Crippen molar-refractivity contribution in [2.24, 2.45) is 5.73 Å². The molecule has 0 aromatic carbocycles. The molecule has 13 heavy (non-hydrogen) atoms. The van der Waals surface area contributed by atoms with E-state index in [1.54, 1.807) is 29.1 Å². The van der Waals surface area contributed by atoms with E-state index < -0.39 is 6.04 Å². The zero-order valence-corrected chi connectivity index (χ0v) is 6.96. The predicted octanol–water partition coefficient (Wildman–Crippen LogP) is -0.279. The monoisotopic (exact) mass is 178 g/mol. The van der Waals surface area contributed by atoms with Gasteiger partial charge >= 0.3 is 0 Å². The molecule has 3 N–H and O–H groups in total. The number of nitrogens with zero attached hydrogens (tertiary/aromatic N) is 3. The maximum atomic E-state index is 8.89. The minimum Gasteiger partial charge on any atom is -0.394 e. The first kappa shape index (κ1) is 8.15. The van der Waals surface area contributed by atoms with Crippen LogP contribution in [0, 0.1) is 0 Å². The molecule has 0 aliphatic heterocycles. The van der Waals surface area contributed by atoms with Gasteiger partial charge in [0.05, 0.1) is 12.6 Å². The maximum absolute atomic E-state index is 8.89. The van der Waals surface area contributed by atoms with E-state index in [9.17, 15) is 0 Å². The number of aromatic nitrogens is 3. The van der Waals surface area contributed by atoms with Crippen LogP contribution in [0.25, 0.3) is 5.65 Å². The number of hydrogen-bond acceptors (Lipinski definition) is 4. The second-order valence-corrected chi connectivity index (χ2v) is 2.75. The summed E-state index contributed by atoms with van der Waals surface area (Å²) in [5.41, 5.74) is 6.44. The van der Waals surface area contributed by atoms with E-state index in [4.69, 9.17) is 10.8 Å². The fraction of sp³-hybridized carbons (Fsp3) is 0.250. The SMILES string of the molecule is NC(CO)c1nccc2nccn12. The summed E-state index contributed by atoms with van der Waals surface area (Å²) < 4.78 is 1.76. The molecule has 0 bridgehead atoms. The highest BCUT2D eigenvalue weighted by atomic mass is 16.3. The second kappa shape index (κ2) is 3.12. The smallest absolute Gasteiger partial charge is 0.139 e. The Bertz CT molecular complexity index is 411. The summed E-state index contributed by atoms with van der Waals surface area (Å²) >= 11 is 0. The van der Waals surface area contributed by atoms with Gasteiger partial charge in [-0.1, -0.05) is 0 Å². The molecule has 5 heteroatoms. The molecular formula is C8H10N4O. The molecule has 1 atom stereocenters. The third-order valence-electron chi connectivity index (χ3n) is 1.87. The van der Waals surface area contributed by atoms with Crippen molar-refractivity contribution in [3.63, 3.8) is 0 Å². The Kier molecular flexibility index (Phi) is 1.96. The number of nitrogens with two attached hydrogens (primary N) is 1. The number of aliphatic hydroxyl groups excluding tert-OH is 1. The van der Waals surface area contributed by atoms with Crippen LogP contribution in [-0.2, 0) is 0 Å². The van der Waals surface area contributed by atoms with Crippen LogP contribution in [0.5, 0.6) is 0 Å². The second-order valence-electron chi connectivity index (χ2n) is 2.75. The number of fused-ring (bicyclic) bond motifs is 1. The molecule has 1 unspecified atom stereocenters. The lowest BCUT2D eigenvalue weighted by Gasteiger charge is -2.08. The van der Waals surface area contributed by atoms with Crippen LogP contribution in [0.4, 0.5) is 0 Å². The molecule has 0 aliphatic carbocycles. The first-order valence-electron chi connectivity index (χ1n) is 3.97. The molecule has 0 spiro atoms. The van der Waals surface area contributed by atoms with Gasteiger partial charge in [0.15, 0.2) is 0 Å². The van der Waals surface area contributed by atoms with E-state index in [1.165, 1.54) is 0 Å². The van der Waals surface area contributed by atoms with Gasteiger partial charge in [-0.15, -0.1) is 0 Å². The third-order valence-corrected chi connectivity index (χ3v) is 1.87. The average molecular weight is 178 g/mol. The first-order valence-corrected chi connectivity index (χ1v) is 3.97. The van der Waals surface area contributed by atoms with Crippen molar-refractivity contribution in [3.8, 4) is 0 Å². The van der Waals surface area contributed by atoms with E-state index in [1.807, 2.05) is 0 Å². The van der Waals surface area contributed by atoms with Gasteiger partial charge in [0.1, 0.15) is 11.5 Å². The Balaban J connectivity index is 2.60. The van der Waals surface area contributed by atoms with Gasteiger partial charge in [0.25, 0.3) is 0 Å². The fourth-order valence-corrected chi connectivity index (χ4v) is 1.23. The van der Waals surface area contributed by atoms with Crippen LogP contribution in [0.15, 0.2) is 24.7 Å². The lowest BCUT2D eigenvalue weighted by Crippen LogP contribution is -2.19. The molecular weight excluding hydrogens is 168 g/mol. The molecule has 0 saturated carbocycles. The molecule has 0 saturated heterocycles. The molecule has 2 rings (SSSR count). The van der Waals surface area contributed by atoms with E-state index in [0.717, 1.165) is 5.65 Å². The Morgan fingerprint density at radius 2 is 2.31 bits per heavy atom. The summed E-state index contributed by atoms with van der Waals surface area (Å²) in [5.74, 6) is 0.623. The summed E-state index contributed by atoms with van der Waals surface area (Å²) in [6, 6.07) is 1.33. The van der Waals surface area contributed by atoms with Crippen molar-refractivity contribution in [2.45, 2.75) is 6.04 Å². The number of imidazole rings is 1. The lowest BCUT2D eigenvalue weighted by molar-refractivity contribution is 0.262. The quantitative estimate of drug-likeness (QED) is 0.663.